The third kappa shape index (κ3) is 2.06. The molecule has 4 rings (SSSR count). The fourth-order valence-corrected chi connectivity index (χ4v) is 3.93. The van der Waals surface area contributed by atoms with Gasteiger partial charge < -0.3 is 10.4 Å². The monoisotopic (exact) mass is 370 g/mol. The van der Waals surface area contributed by atoms with Crippen molar-refractivity contribution in [2.24, 2.45) is 5.92 Å². The number of aliphatic hydroxyl groups is 1. The number of para-hydroxylation sites is 1. The van der Waals surface area contributed by atoms with Crippen molar-refractivity contribution in [3.05, 3.63) is 64.7 Å². The van der Waals surface area contributed by atoms with Crippen molar-refractivity contribution in [2.45, 2.75) is 11.6 Å². The molecule has 2 aliphatic heterocycles. The minimum absolute atomic E-state index is 0.365. The van der Waals surface area contributed by atoms with E-state index in [1.54, 1.807) is 48.5 Å². The number of fused-ring (bicyclic) bond motifs is 1. The first-order valence-electron chi connectivity index (χ1n) is 8.05. The van der Waals surface area contributed by atoms with Gasteiger partial charge in [0.05, 0.1) is 0 Å². The molecule has 0 spiro atoms. The molecule has 2 aromatic rings. The lowest BCUT2D eigenvalue weighted by molar-refractivity contribution is -0.139. The van der Waals surface area contributed by atoms with Crippen molar-refractivity contribution in [2.75, 3.05) is 12.4 Å². The number of aliphatic hydroxyl groups excluding tert-OH is 1. The van der Waals surface area contributed by atoms with E-state index in [0.717, 1.165) is 4.90 Å². The van der Waals surface area contributed by atoms with Crippen LogP contribution in [0.5, 0.6) is 0 Å². The number of halogens is 1. The number of hydrogen-bond acceptors (Lipinski definition) is 5. The molecule has 26 heavy (non-hydrogen) atoms. The molecule has 132 valence electrons. The van der Waals surface area contributed by atoms with Crippen molar-refractivity contribution in [1.82, 2.24) is 4.90 Å². The normalized spacial score (nSPS) is 27.7. The number of Topliss-reactive ketones (excluding diaryl/α,β-unsaturated/α-hetero) is 1. The maximum atomic E-state index is 13.4. The molecule has 7 heteroatoms. The summed E-state index contributed by atoms with van der Waals surface area (Å²) in [6, 6.07) is 13.3. The number of carbonyl (C=O) groups is 3. The number of carbonyl (C=O) groups excluding carboxylic acids is 3. The van der Waals surface area contributed by atoms with Gasteiger partial charge >= 0.3 is 0 Å². The third-order valence-electron chi connectivity index (χ3n) is 5.12. The molecule has 2 N–H and O–H groups in total. The molecule has 1 saturated heterocycles. The van der Waals surface area contributed by atoms with Gasteiger partial charge in [-0.2, -0.15) is 0 Å². The molecule has 0 aliphatic carbocycles. The van der Waals surface area contributed by atoms with Gasteiger partial charge in [-0.15, -0.1) is 0 Å². The van der Waals surface area contributed by atoms with Gasteiger partial charge in [0.1, 0.15) is 17.6 Å². The Morgan fingerprint density at radius 2 is 1.69 bits per heavy atom. The molecular formula is C19H15ClN2O4. The summed E-state index contributed by atoms with van der Waals surface area (Å²) in [7, 11) is 1.30. The van der Waals surface area contributed by atoms with Crippen molar-refractivity contribution >= 4 is 34.9 Å². The zero-order valence-electron chi connectivity index (χ0n) is 13.8. The van der Waals surface area contributed by atoms with Crippen molar-refractivity contribution in [3.63, 3.8) is 0 Å². The van der Waals surface area contributed by atoms with Crippen LogP contribution in [0.4, 0.5) is 5.69 Å². The maximum absolute atomic E-state index is 13.4. The van der Waals surface area contributed by atoms with Crippen LogP contribution >= 0.6 is 11.6 Å². The van der Waals surface area contributed by atoms with Gasteiger partial charge in [-0.1, -0.05) is 35.9 Å². The first-order valence-corrected chi connectivity index (χ1v) is 8.43. The average molecular weight is 371 g/mol. The number of benzene rings is 2. The van der Waals surface area contributed by atoms with E-state index < -0.39 is 29.4 Å². The summed E-state index contributed by atoms with van der Waals surface area (Å²) in [5, 5.41) is 14.1. The fraction of sp³-hybridized carbons (Fsp3) is 0.211. The van der Waals surface area contributed by atoms with E-state index >= 15 is 0 Å². The number of rotatable bonds is 2. The topological polar surface area (TPSA) is 86.7 Å². The molecule has 0 bridgehead atoms. The van der Waals surface area contributed by atoms with E-state index in [4.69, 9.17) is 11.6 Å². The number of imide groups is 1. The van der Waals surface area contributed by atoms with E-state index in [9.17, 15) is 19.5 Å². The van der Waals surface area contributed by atoms with Gasteiger partial charge in [0, 0.05) is 23.3 Å². The summed E-state index contributed by atoms with van der Waals surface area (Å²) in [4.78, 5) is 39.2. The highest BCUT2D eigenvalue weighted by Gasteiger charge is 2.62. The number of hydrogen-bond donors (Lipinski definition) is 2. The molecule has 3 atom stereocenters. The lowest BCUT2D eigenvalue weighted by atomic mass is 9.73. The lowest BCUT2D eigenvalue weighted by Gasteiger charge is -2.34. The third-order valence-corrected chi connectivity index (χ3v) is 5.38. The van der Waals surface area contributed by atoms with Gasteiger partial charge in [0.2, 0.25) is 5.91 Å². The first kappa shape index (κ1) is 16.8. The molecule has 3 unspecified atom stereocenters. The zero-order chi connectivity index (χ0) is 18.6. The SMILES string of the molecule is CN1C(=O)C(O)C(C2(c3ccc(Cl)cc3)Nc3ccccc3C2=O)C1=O. The van der Waals surface area contributed by atoms with Crippen LogP contribution in [0.1, 0.15) is 15.9 Å². The number of anilines is 1. The minimum atomic E-state index is -1.62. The second kappa shape index (κ2) is 5.65. The van der Waals surface area contributed by atoms with Crippen LogP contribution in [-0.2, 0) is 15.1 Å². The number of ketones is 1. The first-order chi connectivity index (χ1) is 12.4. The Hall–Kier alpha value is -2.70. The lowest BCUT2D eigenvalue weighted by Crippen LogP contribution is -2.52. The van der Waals surface area contributed by atoms with Crippen LogP contribution in [-0.4, -0.2) is 40.8 Å². The molecule has 0 aromatic heterocycles. The second-order valence-corrected chi connectivity index (χ2v) is 6.91. The maximum Gasteiger partial charge on any atom is 0.258 e. The molecule has 6 nitrogen and oxygen atoms in total. The van der Waals surface area contributed by atoms with Crippen LogP contribution < -0.4 is 5.32 Å². The predicted molar refractivity (Wildman–Crippen MR) is 94.8 cm³/mol. The van der Waals surface area contributed by atoms with Crippen LogP contribution in [0, 0.1) is 5.92 Å². The van der Waals surface area contributed by atoms with Gasteiger partial charge in [-0.3, -0.25) is 19.3 Å². The highest BCUT2D eigenvalue weighted by molar-refractivity contribution is 6.30. The molecule has 2 aliphatic rings. The van der Waals surface area contributed by atoms with E-state index in [1.807, 2.05) is 0 Å². The Morgan fingerprint density at radius 1 is 1.04 bits per heavy atom. The smallest absolute Gasteiger partial charge is 0.258 e. The van der Waals surface area contributed by atoms with Gasteiger partial charge in [0.15, 0.2) is 5.78 Å². The van der Waals surface area contributed by atoms with E-state index in [-0.39, 0.29) is 5.78 Å². The Labute approximate surface area is 154 Å². The zero-order valence-corrected chi connectivity index (χ0v) is 14.5. The van der Waals surface area contributed by atoms with Gasteiger partial charge in [-0.05, 0) is 29.8 Å². The molecule has 2 aromatic carbocycles. The van der Waals surface area contributed by atoms with Gasteiger partial charge in [0.25, 0.3) is 5.91 Å². The van der Waals surface area contributed by atoms with Gasteiger partial charge in [-0.25, -0.2) is 0 Å². The molecule has 1 fully saturated rings. The molecular weight excluding hydrogens is 356 g/mol. The van der Waals surface area contributed by atoms with Crippen molar-refractivity contribution in [1.29, 1.82) is 0 Å². The Morgan fingerprint density at radius 3 is 2.27 bits per heavy atom. The van der Waals surface area contributed by atoms with Crippen molar-refractivity contribution in [3.8, 4) is 0 Å². The Bertz CT molecular complexity index is 943. The summed E-state index contributed by atoms with van der Waals surface area (Å²) in [5.74, 6) is -2.97. The van der Waals surface area contributed by atoms with Crippen LogP contribution in [0.3, 0.4) is 0 Å². The van der Waals surface area contributed by atoms with E-state index in [2.05, 4.69) is 5.32 Å². The Balaban J connectivity index is 1.96. The highest BCUT2D eigenvalue weighted by Crippen LogP contribution is 2.47. The summed E-state index contributed by atoms with van der Waals surface area (Å²) in [6.45, 7) is 0. The number of amides is 2. The average Bonchev–Trinajstić information content (AvgIpc) is 3.04. The van der Waals surface area contributed by atoms with E-state index in [0.29, 0.717) is 21.8 Å². The van der Waals surface area contributed by atoms with Crippen LogP contribution in [0.2, 0.25) is 5.02 Å². The molecule has 0 radical (unpaired) electrons. The fourth-order valence-electron chi connectivity index (χ4n) is 3.80. The summed E-state index contributed by atoms with van der Waals surface area (Å²) < 4.78 is 0. The highest BCUT2D eigenvalue weighted by atomic mass is 35.5. The molecule has 2 amide bonds. The standard InChI is InChI=1S/C19H15ClN2O4/c1-22-17(25)14(15(23)18(22)26)19(10-6-8-11(20)9-7-10)16(24)12-4-2-3-5-13(12)21-19/h2-9,14-15,21,23H,1H3. The largest absolute Gasteiger partial charge is 0.382 e. The van der Waals surface area contributed by atoms with E-state index in [1.165, 1.54) is 7.05 Å². The molecule has 0 saturated carbocycles. The Kier molecular flexibility index (Phi) is 3.64. The second-order valence-electron chi connectivity index (χ2n) is 6.47. The number of likely N-dealkylation sites (tertiary alicyclic amines) is 1. The number of nitrogens with zero attached hydrogens (tertiary/aromatic N) is 1. The quantitative estimate of drug-likeness (QED) is 0.787. The number of likely N-dealkylation sites (N-methyl/N-ethyl adjacent to an activating group) is 1. The summed E-state index contributed by atoms with van der Waals surface area (Å²) >= 11 is 5.97. The molecule has 2 heterocycles. The van der Waals surface area contributed by atoms with Crippen LogP contribution in [0.25, 0.3) is 0 Å². The minimum Gasteiger partial charge on any atom is -0.382 e. The number of nitrogens with one attached hydrogen (secondary N) is 1. The van der Waals surface area contributed by atoms with Crippen molar-refractivity contribution < 1.29 is 19.5 Å². The van der Waals surface area contributed by atoms with Crippen LogP contribution in [0.15, 0.2) is 48.5 Å². The summed E-state index contributed by atoms with van der Waals surface area (Å²) in [5.41, 5.74) is -0.159. The predicted octanol–water partition coefficient (Wildman–Crippen LogP) is 1.82. The summed E-state index contributed by atoms with van der Waals surface area (Å²) in [6.07, 6.45) is -1.62.